The van der Waals surface area contributed by atoms with Crippen LogP contribution in [0.4, 0.5) is 4.39 Å². The van der Waals surface area contributed by atoms with Crippen molar-refractivity contribution in [1.82, 2.24) is 0 Å². The highest BCUT2D eigenvalue weighted by Gasteiger charge is 2.17. The van der Waals surface area contributed by atoms with Crippen LogP contribution in [-0.2, 0) is 6.42 Å². The number of alkyl halides is 1. The summed E-state index contributed by atoms with van der Waals surface area (Å²) in [6, 6.07) is 10.7. The molecule has 0 amide bonds. The first-order valence-electron chi connectivity index (χ1n) is 6.24. The Hall–Kier alpha value is -1.06. The number of halogens is 3. The van der Waals surface area contributed by atoms with Gasteiger partial charge in [-0.05, 0) is 31.5 Å². The van der Waals surface area contributed by atoms with Crippen LogP contribution in [0.2, 0.25) is 5.02 Å². The summed E-state index contributed by atoms with van der Waals surface area (Å²) >= 11 is 9.69. The molecule has 106 valence electrons. The third kappa shape index (κ3) is 3.33. The van der Waals surface area contributed by atoms with Gasteiger partial charge in [-0.15, -0.1) is 0 Å². The van der Waals surface area contributed by atoms with Crippen LogP contribution in [0.25, 0.3) is 0 Å². The van der Waals surface area contributed by atoms with Crippen molar-refractivity contribution in [2.75, 3.05) is 7.11 Å². The van der Waals surface area contributed by atoms with E-state index in [2.05, 4.69) is 15.9 Å². The molecule has 0 aliphatic rings. The van der Waals surface area contributed by atoms with E-state index in [-0.39, 0.29) is 10.6 Å². The van der Waals surface area contributed by atoms with Crippen LogP contribution in [0, 0.1) is 12.7 Å². The Balaban J connectivity index is 2.33. The third-order valence-corrected chi connectivity index (χ3v) is 4.34. The Morgan fingerprint density at radius 3 is 2.70 bits per heavy atom. The maximum absolute atomic E-state index is 13.9. The van der Waals surface area contributed by atoms with Crippen LogP contribution in [0.5, 0.6) is 5.75 Å². The maximum atomic E-state index is 13.9. The molecule has 0 bridgehead atoms. The van der Waals surface area contributed by atoms with Gasteiger partial charge in [0.15, 0.2) is 0 Å². The summed E-state index contributed by atoms with van der Waals surface area (Å²) < 4.78 is 19.2. The first-order chi connectivity index (χ1) is 9.52. The minimum Gasteiger partial charge on any atom is -0.496 e. The predicted molar refractivity (Wildman–Crippen MR) is 84.5 cm³/mol. The summed E-state index contributed by atoms with van der Waals surface area (Å²) in [6.45, 7) is 2.01. The smallest absolute Gasteiger partial charge is 0.127 e. The molecule has 2 aromatic rings. The molecule has 4 heteroatoms. The van der Waals surface area contributed by atoms with E-state index < -0.39 is 0 Å². The van der Waals surface area contributed by atoms with Crippen molar-refractivity contribution in [3.05, 3.63) is 63.9 Å². The van der Waals surface area contributed by atoms with Crippen LogP contribution in [-0.4, -0.2) is 7.11 Å². The average molecular weight is 358 g/mol. The fraction of sp³-hybridized carbons (Fsp3) is 0.250. The quantitative estimate of drug-likeness (QED) is 0.659. The number of hydrogen-bond acceptors (Lipinski definition) is 1. The third-order valence-electron chi connectivity index (χ3n) is 3.17. The predicted octanol–water partition coefficient (Wildman–Crippen LogP) is 5.47. The van der Waals surface area contributed by atoms with Crippen LogP contribution in [0.3, 0.4) is 0 Å². The molecule has 0 aliphatic heterocycles. The van der Waals surface area contributed by atoms with Crippen molar-refractivity contribution in [3.8, 4) is 5.75 Å². The normalized spacial score (nSPS) is 12.2. The minimum absolute atomic E-state index is 0.0632. The number of hydrogen-bond donors (Lipinski definition) is 0. The topological polar surface area (TPSA) is 9.23 Å². The lowest BCUT2D eigenvalue weighted by Crippen LogP contribution is -2.02. The Morgan fingerprint density at radius 1 is 1.30 bits per heavy atom. The molecule has 0 aromatic heterocycles. The average Bonchev–Trinajstić information content (AvgIpc) is 2.43. The van der Waals surface area contributed by atoms with Gasteiger partial charge in [0, 0.05) is 21.0 Å². The van der Waals surface area contributed by atoms with Crippen LogP contribution in [0.1, 0.15) is 21.5 Å². The zero-order valence-corrected chi connectivity index (χ0v) is 13.6. The summed E-state index contributed by atoms with van der Waals surface area (Å²) in [5.74, 6) is 0.499. The molecule has 2 aromatic carbocycles. The molecule has 20 heavy (non-hydrogen) atoms. The first-order valence-corrected chi connectivity index (χ1v) is 7.53. The molecule has 0 saturated heterocycles. The van der Waals surface area contributed by atoms with Gasteiger partial charge in [0.25, 0.3) is 0 Å². The van der Waals surface area contributed by atoms with Gasteiger partial charge in [-0.25, -0.2) is 4.39 Å². The van der Waals surface area contributed by atoms with E-state index in [1.165, 1.54) is 6.07 Å². The SMILES string of the molecule is COc1ccc(C)cc1C(Br)Cc1c(F)cccc1Cl. The van der Waals surface area contributed by atoms with Gasteiger partial charge in [-0.2, -0.15) is 0 Å². The number of ether oxygens (including phenoxy) is 1. The van der Waals surface area contributed by atoms with E-state index in [1.807, 2.05) is 25.1 Å². The molecule has 1 atom stereocenters. The van der Waals surface area contributed by atoms with Gasteiger partial charge in [-0.1, -0.05) is 51.3 Å². The van der Waals surface area contributed by atoms with Crippen molar-refractivity contribution in [2.45, 2.75) is 18.2 Å². The molecule has 2 rings (SSSR count). The zero-order chi connectivity index (χ0) is 14.7. The minimum atomic E-state index is -0.284. The lowest BCUT2D eigenvalue weighted by molar-refractivity contribution is 0.409. The molecule has 0 fully saturated rings. The molecule has 1 unspecified atom stereocenters. The largest absolute Gasteiger partial charge is 0.496 e. The maximum Gasteiger partial charge on any atom is 0.127 e. The van der Waals surface area contributed by atoms with Crippen molar-refractivity contribution in [1.29, 1.82) is 0 Å². The highest BCUT2D eigenvalue weighted by Crippen LogP contribution is 2.36. The summed E-state index contributed by atoms with van der Waals surface area (Å²) in [6.07, 6.45) is 0.464. The molecular weight excluding hydrogens is 343 g/mol. The fourth-order valence-electron chi connectivity index (χ4n) is 2.12. The van der Waals surface area contributed by atoms with Gasteiger partial charge in [-0.3, -0.25) is 0 Å². The zero-order valence-electron chi connectivity index (χ0n) is 11.3. The summed E-state index contributed by atoms with van der Waals surface area (Å²) in [5.41, 5.74) is 2.64. The van der Waals surface area contributed by atoms with Gasteiger partial charge >= 0.3 is 0 Å². The monoisotopic (exact) mass is 356 g/mol. The van der Waals surface area contributed by atoms with Crippen molar-refractivity contribution in [2.24, 2.45) is 0 Å². The Bertz CT molecular complexity index is 595. The molecule has 0 spiro atoms. The Morgan fingerprint density at radius 2 is 2.05 bits per heavy atom. The standard InChI is InChI=1S/C16H15BrClFO/c1-10-6-7-16(20-2)11(8-10)13(17)9-12-14(18)4-3-5-15(12)19/h3-8,13H,9H2,1-2H3. The number of methoxy groups -OCH3 is 1. The van der Waals surface area contributed by atoms with E-state index >= 15 is 0 Å². The molecule has 1 nitrogen and oxygen atoms in total. The van der Waals surface area contributed by atoms with Crippen molar-refractivity contribution < 1.29 is 9.13 Å². The molecule has 0 radical (unpaired) electrons. The number of rotatable bonds is 4. The lowest BCUT2D eigenvalue weighted by atomic mass is 10.0. The molecule has 0 aliphatic carbocycles. The molecule has 0 N–H and O–H groups in total. The Labute approximate surface area is 131 Å². The van der Waals surface area contributed by atoms with E-state index in [9.17, 15) is 4.39 Å². The number of aryl methyl sites for hydroxylation is 1. The van der Waals surface area contributed by atoms with Crippen LogP contribution in [0.15, 0.2) is 36.4 Å². The second-order valence-corrected chi connectivity index (χ2v) is 6.13. The fourth-order valence-corrected chi connectivity index (χ4v) is 3.04. The Kier molecular flexibility index (Phi) is 5.06. The van der Waals surface area contributed by atoms with Gasteiger partial charge in [0.1, 0.15) is 11.6 Å². The van der Waals surface area contributed by atoms with Crippen molar-refractivity contribution in [3.63, 3.8) is 0 Å². The summed E-state index contributed by atoms with van der Waals surface area (Å²) in [5, 5.41) is 0.445. The number of benzene rings is 2. The van der Waals surface area contributed by atoms with E-state index in [4.69, 9.17) is 16.3 Å². The summed E-state index contributed by atoms with van der Waals surface area (Å²) in [4.78, 5) is -0.0632. The van der Waals surface area contributed by atoms with Gasteiger partial charge in [0.05, 0.1) is 7.11 Å². The highest BCUT2D eigenvalue weighted by molar-refractivity contribution is 9.09. The van der Waals surface area contributed by atoms with Crippen LogP contribution >= 0.6 is 27.5 Å². The van der Waals surface area contributed by atoms with E-state index in [0.29, 0.717) is 17.0 Å². The second-order valence-electron chi connectivity index (χ2n) is 4.62. The van der Waals surface area contributed by atoms with Gasteiger partial charge in [0.2, 0.25) is 0 Å². The molecule has 0 heterocycles. The molecule has 0 saturated carbocycles. The van der Waals surface area contributed by atoms with E-state index in [1.54, 1.807) is 19.2 Å². The van der Waals surface area contributed by atoms with Crippen LogP contribution < -0.4 is 4.74 Å². The highest BCUT2D eigenvalue weighted by atomic mass is 79.9. The molecular formula is C16H15BrClFO. The lowest BCUT2D eigenvalue weighted by Gasteiger charge is -2.16. The van der Waals surface area contributed by atoms with Gasteiger partial charge < -0.3 is 4.74 Å². The second kappa shape index (κ2) is 6.59. The first kappa shape index (κ1) is 15.3. The summed E-state index contributed by atoms with van der Waals surface area (Å²) in [7, 11) is 1.63. The van der Waals surface area contributed by atoms with E-state index in [0.717, 1.165) is 16.9 Å². The van der Waals surface area contributed by atoms with Crippen molar-refractivity contribution >= 4 is 27.5 Å².